The van der Waals surface area contributed by atoms with Crippen LogP contribution in [0.4, 0.5) is 29.2 Å². The van der Waals surface area contributed by atoms with Gasteiger partial charge in [-0.3, -0.25) is 0 Å². The van der Waals surface area contributed by atoms with Crippen LogP contribution in [0.5, 0.6) is 23.0 Å². The SMILES string of the molecule is COc1cc(-n2cnc(N)c2)cc(OC)c1OC.COc1cc(-n2cnc(Nc3nc(N4CCC[C@H]4CO)c4ncn(C)c4n3)c2)cc(C)c1C.Cn1cnc2c(Cl)nc(Cl)nc21.Cn1cnc2c(N3CCC[C@H]3CO)nc(Cl)nc21.OC[C@@H]1CCCN1. The van der Waals surface area contributed by atoms with Crippen LogP contribution in [0.3, 0.4) is 0 Å². The van der Waals surface area contributed by atoms with Gasteiger partial charge in [-0.1, -0.05) is 11.6 Å². The molecule has 3 aliphatic heterocycles. The van der Waals surface area contributed by atoms with Gasteiger partial charge in [0.1, 0.15) is 29.7 Å². The Hall–Kier alpha value is -8.38. The molecular formula is C57H72Cl3N21O7. The molecule has 3 saturated heterocycles. The summed E-state index contributed by atoms with van der Waals surface area (Å²) in [6.07, 6.45) is 18.3. The third-order valence-corrected chi connectivity index (χ3v) is 15.7. The number of rotatable bonds is 13. The number of aromatic nitrogens is 16. The van der Waals surface area contributed by atoms with Crippen LogP contribution in [0.15, 0.2) is 68.3 Å². The lowest BCUT2D eigenvalue weighted by molar-refractivity contribution is 0.255. The summed E-state index contributed by atoms with van der Waals surface area (Å²) in [5.41, 5.74) is 13.8. The zero-order valence-electron chi connectivity index (χ0n) is 50.3. The van der Waals surface area contributed by atoms with Gasteiger partial charge in [0.05, 0.1) is 103 Å². The highest BCUT2D eigenvalue weighted by Crippen LogP contribution is 2.40. The molecule has 3 atom stereocenters. The van der Waals surface area contributed by atoms with E-state index < -0.39 is 0 Å². The van der Waals surface area contributed by atoms with Crippen LogP contribution in [0.2, 0.25) is 15.7 Å². The second kappa shape index (κ2) is 29.1. The minimum atomic E-state index is 0.0388. The number of nitrogens with two attached hydrogens (primary N) is 1. The number of ether oxygens (including phenoxy) is 4. The van der Waals surface area contributed by atoms with E-state index >= 15 is 0 Å². The van der Waals surface area contributed by atoms with Crippen molar-refractivity contribution in [2.45, 2.75) is 70.5 Å². The molecule has 31 heteroatoms. The lowest BCUT2D eigenvalue weighted by atomic mass is 10.1. The van der Waals surface area contributed by atoms with Crippen molar-refractivity contribution in [3.63, 3.8) is 0 Å². The monoisotopic (exact) mass is 1270 g/mol. The summed E-state index contributed by atoms with van der Waals surface area (Å²) in [4.78, 5) is 51.2. The van der Waals surface area contributed by atoms with Crippen LogP contribution in [0.1, 0.15) is 49.7 Å². The van der Waals surface area contributed by atoms with Gasteiger partial charge in [-0.2, -0.15) is 24.9 Å². The summed E-state index contributed by atoms with van der Waals surface area (Å²) < 4.78 is 30.5. The molecule has 8 aromatic heterocycles. The number of aryl methyl sites for hydroxylation is 4. The van der Waals surface area contributed by atoms with E-state index in [-0.39, 0.29) is 41.0 Å². The highest BCUT2D eigenvalue weighted by atomic mass is 35.5. The van der Waals surface area contributed by atoms with E-state index in [1.54, 1.807) is 75.4 Å². The Balaban J connectivity index is 0.000000143. The summed E-state index contributed by atoms with van der Waals surface area (Å²) >= 11 is 17.3. The van der Waals surface area contributed by atoms with Crippen molar-refractivity contribution in [2.75, 3.05) is 88.7 Å². The summed E-state index contributed by atoms with van der Waals surface area (Å²) in [5, 5.41) is 34.7. The molecule has 10 aromatic rings. The van der Waals surface area contributed by atoms with Crippen LogP contribution in [0, 0.1) is 13.8 Å². The summed E-state index contributed by atoms with van der Waals surface area (Å²) in [7, 11) is 12.0. The van der Waals surface area contributed by atoms with Gasteiger partial charge in [-0.15, -0.1) is 0 Å². The van der Waals surface area contributed by atoms with Crippen molar-refractivity contribution in [1.82, 2.24) is 83.0 Å². The first-order valence-corrected chi connectivity index (χ1v) is 29.3. The molecule has 3 fully saturated rings. The number of nitrogens with one attached hydrogen (secondary N) is 2. The molecule has 0 amide bonds. The molecule has 2 aromatic carbocycles. The van der Waals surface area contributed by atoms with E-state index in [4.69, 9.17) is 69.6 Å². The van der Waals surface area contributed by atoms with E-state index in [1.165, 1.54) is 6.42 Å². The number of halogens is 3. The van der Waals surface area contributed by atoms with E-state index in [1.807, 2.05) is 66.2 Å². The third kappa shape index (κ3) is 14.4. The van der Waals surface area contributed by atoms with E-state index in [0.717, 1.165) is 108 Å². The number of hydrogen-bond acceptors (Lipinski definition) is 23. The first-order chi connectivity index (χ1) is 42.5. The maximum absolute atomic E-state index is 9.82. The molecule has 88 heavy (non-hydrogen) atoms. The molecule has 0 saturated carbocycles. The standard InChI is InChI=1S/C23H28N8O2.C12H15N3O3.C11H14ClN5O.C6H4Cl2N4.C5H11NO/c1-14-8-17(9-18(33-4)15(14)2)30-10-19(24-13-30)26-23-27-21-20(25-12-29(21)3)22(28-23)31-7-5-6-16(31)11-32;1-16-9-4-8(15-6-11(13)14-7-15)5-10(17-2)12(9)18-3;1-16-6-13-8-9(16)14-11(12)15-10(8)17-4-2-3-7(17)5-18;1-12-2-9-3-4(7)10-6(8)11-5(3)12;7-4-5-2-1-3-6-5/h8-10,12-13,16,32H,5-7,11H2,1-4H3,(H,26,27,28);4-7H,13H2,1-3H3;6-7,18H,2-5H2,1H3;2H,1H3;5-7H,1-4H2/t16-;;7-;;5-/m0.0.0/s1. The van der Waals surface area contributed by atoms with Gasteiger partial charge in [0.2, 0.25) is 22.3 Å². The molecule has 0 unspecified atom stereocenters. The number of aliphatic hydroxyl groups is 3. The van der Waals surface area contributed by atoms with Gasteiger partial charge < -0.3 is 83.3 Å². The Morgan fingerprint density at radius 1 is 0.580 bits per heavy atom. The van der Waals surface area contributed by atoms with E-state index in [0.29, 0.717) is 64.3 Å². The van der Waals surface area contributed by atoms with Crippen LogP contribution in [-0.2, 0) is 21.1 Å². The summed E-state index contributed by atoms with van der Waals surface area (Å²) in [5.74, 6) is 5.53. The van der Waals surface area contributed by atoms with Crippen molar-refractivity contribution in [1.29, 1.82) is 0 Å². The maximum atomic E-state index is 9.82. The Morgan fingerprint density at radius 3 is 1.62 bits per heavy atom. The van der Waals surface area contributed by atoms with E-state index in [2.05, 4.69) is 83.3 Å². The fourth-order valence-corrected chi connectivity index (χ4v) is 11.0. The smallest absolute Gasteiger partial charge is 0.232 e. The number of fused-ring (bicyclic) bond motifs is 3. The molecule has 3 aliphatic rings. The quantitative estimate of drug-likeness (QED) is 0.0514. The first-order valence-electron chi connectivity index (χ1n) is 28.2. The normalized spacial score (nSPS) is 16.1. The van der Waals surface area contributed by atoms with Crippen LogP contribution >= 0.6 is 34.8 Å². The Kier molecular flexibility index (Phi) is 21.2. The number of imidazole rings is 5. The first kappa shape index (κ1) is 64.1. The number of aliphatic hydroxyl groups excluding tert-OH is 3. The van der Waals surface area contributed by atoms with Crippen molar-refractivity contribution in [3.8, 4) is 34.4 Å². The summed E-state index contributed by atoms with van der Waals surface area (Å²) in [6.45, 7) is 7.41. The highest BCUT2D eigenvalue weighted by molar-refractivity contribution is 6.35. The van der Waals surface area contributed by atoms with Crippen molar-refractivity contribution < 1.29 is 34.3 Å². The Bertz CT molecular complexity index is 3950. The van der Waals surface area contributed by atoms with Gasteiger partial charge >= 0.3 is 0 Å². The van der Waals surface area contributed by atoms with Crippen LogP contribution in [-0.4, -0.2) is 179 Å². The van der Waals surface area contributed by atoms with Gasteiger partial charge in [0.25, 0.3) is 0 Å². The van der Waals surface area contributed by atoms with E-state index in [9.17, 15) is 10.2 Å². The zero-order chi connectivity index (χ0) is 62.8. The molecule has 0 spiro atoms. The van der Waals surface area contributed by atoms with Crippen LogP contribution < -0.4 is 45.1 Å². The fraction of sp³-hybridized carbons (Fsp3) is 0.421. The molecule has 468 valence electrons. The number of methoxy groups -OCH3 is 4. The average molecular weight is 1270 g/mol. The molecule has 0 radical (unpaired) electrons. The number of benzene rings is 2. The van der Waals surface area contributed by atoms with Gasteiger partial charge in [0, 0.05) is 58.5 Å². The maximum Gasteiger partial charge on any atom is 0.232 e. The Morgan fingerprint density at radius 2 is 1.10 bits per heavy atom. The molecule has 28 nitrogen and oxygen atoms in total. The molecule has 0 bridgehead atoms. The summed E-state index contributed by atoms with van der Waals surface area (Å²) in [6, 6.07) is 8.28. The van der Waals surface area contributed by atoms with Gasteiger partial charge in [0.15, 0.2) is 62.1 Å². The lowest BCUT2D eigenvalue weighted by Gasteiger charge is -2.24. The molecule has 0 aliphatic carbocycles. The van der Waals surface area contributed by atoms with Gasteiger partial charge in [-0.05, 0) is 99.3 Å². The highest BCUT2D eigenvalue weighted by Gasteiger charge is 2.30. The number of nitrogens with zero attached hydrogens (tertiary/aromatic N) is 18. The number of anilines is 5. The van der Waals surface area contributed by atoms with Crippen molar-refractivity contribution in [2.24, 2.45) is 21.1 Å². The van der Waals surface area contributed by atoms with Gasteiger partial charge in [-0.25, -0.2) is 29.9 Å². The number of nitrogen functional groups attached to an aromatic ring is 1. The second-order valence-electron chi connectivity index (χ2n) is 20.8. The van der Waals surface area contributed by atoms with Crippen molar-refractivity contribution >= 4 is 97.5 Å². The molecule has 11 heterocycles. The Labute approximate surface area is 522 Å². The average Bonchev–Trinajstić information content (AvgIpc) is 1.96. The molecule has 7 N–H and O–H groups in total. The molecular weight excluding hydrogens is 1200 g/mol. The van der Waals surface area contributed by atoms with Crippen LogP contribution in [0.25, 0.3) is 44.9 Å². The minimum absolute atomic E-state index is 0.0388. The molecule has 13 rings (SSSR count). The predicted octanol–water partition coefficient (Wildman–Crippen LogP) is 6.74. The number of hydrogen-bond donors (Lipinski definition) is 6. The topological polar surface area (TPSA) is 321 Å². The minimum Gasteiger partial charge on any atom is -0.496 e. The third-order valence-electron chi connectivity index (χ3n) is 15.1. The second-order valence-corrected chi connectivity index (χ2v) is 21.9. The zero-order valence-corrected chi connectivity index (χ0v) is 52.6. The largest absolute Gasteiger partial charge is 0.496 e. The lowest BCUT2D eigenvalue weighted by Crippen LogP contribution is -2.33. The van der Waals surface area contributed by atoms with Crippen molar-refractivity contribution in [3.05, 3.63) is 95.1 Å². The predicted molar refractivity (Wildman–Crippen MR) is 337 cm³/mol. The fourth-order valence-electron chi connectivity index (χ4n) is 10.4.